The molecule has 0 amide bonds. The number of fused-ring (bicyclic) bond motifs is 1. The number of nitrogens with zero attached hydrogens (tertiary/aromatic N) is 2. The van der Waals surface area contributed by atoms with Crippen LogP contribution in [0.25, 0.3) is 22.2 Å². The predicted molar refractivity (Wildman–Crippen MR) is 111 cm³/mol. The van der Waals surface area contributed by atoms with Crippen LogP contribution in [0.15, 0.2) is 54.6 Å². The Morgan fingerprint density at radius 2 is 1.93 bits per heavy atom. The van der Waals surface area contributed by atoms with Crippen molar-refractivity contribution < 1.29 is 4.79 Å². The van der Waals surface area contributed by atoms with Gasteiger partial charge in [0.2, 0.25) is 0 Å². The molecule has 1 saturated heterocycles. The van der Waals surface area contributed by atoms with Gasteiger partial charge >= 0.3 is 0 Å². The fraction of sp³-hybridized carbons (Fsp3) is 0.333. The maximum Gasteiger partial charge on any atom is 0.159 e. The molecule has 1 aromatic heterocycles. The van der Waals surface area contributed by atoms with Crippen LogP contribution in [0.4, 0.5) is 0 Å². The molecule has 1 atom stereocenters. The van der Waals surface area contributed by atoms with Gasteiger partial charge in [0.15, 0.2) is 5.78 Å². The van der Waals surface area contributed by atoms with Gasteiger partial charge in [0.25, 0.3) is 0 Å². The average molecular weight is 358 g/mol. The molecule has 1 fully saturated rings. The van der Waals surface area contributed by atoms with Crippen molar-refractivity contribution in [3.8, 4) is 11.3 Å². The van der Waals surface area contributed by atoms with Crippen LogP contribution in [0.1, 0.15) is 42.6 Å². The Balaban J connectivity index is 1.52. The molecule has 138 valence electrons. The highest BCUT2D eigenvalue weighted by Crippen LogP contribution is 2.23. The Hall–Kier alpha value is -2.52. The van der Waals surface area contributed by atoms with Crippen LogP contribution in [0.5, 0.6) is 0 Å². The molecule has 3 heteroatoms. The van der Waals surface area contributed by atoms with Gasteiger partial charge in [-0.3, -0.25) is 4.79 Å². The largest absolute Gasteiger partial charge is 0.300 e. The molecule has 0 aliphatic carbocycles. The molecule has 0 radical (unpaired) electrons. The monoisotopic (exact) mass is 358 g/mol. The molecule has 0 spiro atoms. The molecule has 1 aliphatic rings. The minimum absolute atomic E-state index is 0.0869. The zero-order valence-corrected chi connectivity index (χ0v) is 16.1. The van der Waals surface area contributed by atoms with E-state index in [1.807, 2.05) is 24.3 Å². The third-order valence-corrected chi connectivity index (χ3v) is 5.72. The van der Waals surface area contributed by atoms with Crippen molar-refractivity contribution in [2.75, 3.05) is 13.1 Å². The normalized spacial score (nSPS) is 17.5. The molecule has 1 aliphatic heterocycles. The number of pyridine rings is 1. The maximum atomic E-state index is 11.4. The summed E-state index contributed by atoms with van der Waals surface area (Å²) in [6, 6.07) is 19.2. The first kappa shape index (κ1) is 17.9. The fourth-order valence-corrected chi connectivity index (χ4v) is 3.96. The number of carbonyl (C=O) groups excluding carboxylic acids is 1. The van der Waals surface area contributed by atoms with E-state index >= 15 is 0 Å². The number of hydrogen-bond acceptors (Lipinski definition) is 3. The Morgan fingerprint density at radius 1 is 1.11 bits per heavy atom. The van der Waals surface area contributed by atoms with Gasteiger partial charge in [-0.2, -0.15) is 0 Å². The molecule has 3 nitrogen and oxygen atoms in total. The molecule has 0 saturated carbocycles. The smallest absolute Gasteiger partial charge is 0.159 e. The number of rotatable bonds is 5. The third-order valence-electron chi connectivity index (χ3n) is 5.72. The van der Waals surface area contributed by atoms with Crippen LogP contribution in [0.3, 0.4) is 0 Å². The minimum atomic E-state index is 0.0869. The highest BCUT2D eigenvalue weighted by Gasteiger charge is 2.19. The molecule has 0 unspecified atom stereocenters. The Kier molecular flexibility index (Phi) is 5.04. The van der Waals surface area contributed by atoms with E-state index in [0.29, 0.717) is 0 Å². The molecule has 0 N–H and O–H groups in total. The van der Waals surface area contributed by atoms with Gasteiger partial charge in [0.05, 0.1) is 11.2 Å². The highest BCUT2D eigenvalue weighted by molar-refractivity contribution is 5.94. The number of Topliss-reactive ketones (excluding diaryl/α,β-unsaturated/α-hetero) is 1. The van der Waals surface area contributed by atoms with E-state index in [1.165, 1.54) is 30.3 Å². The lowest BCUT2D eigenvalue weighted by atomic mass is 10.0. The summed E-state index contributed by atoms with van der Waals surface area (Å²) in [4.78, 5) is 18.8. The zero-order chi connectivity index (χ0) is 18.8. The van der Waals surface area contributed by atoms with Gasteiger partial charge < -0.3 is 4.90 Å². The van der Waals surface area contributed by atoms with Crippen molar-refractivity contribution in [3.05, 3.63) is 65.7 Å². The first-order valence-electron chi connectivity index (χ1n) is 9.85. The number of likely N-dealkylation sites (tertiary alicyclic amines) is 1. The molecular weight excluding hydrogens is 332 g/mol. The van der Waals surface area contributed by atoms with E-state index in [0.717, 1.165) is 41.3 Å². The average Bonchev–Trinajstić information content (AvgIpc) is 3.10. The van der Waals surface area contributed by atoms with Gasteiger partial charge in [-0.05, 0) is 63.4 Å². The lowest BCUT2D eigenvalue weighted by Gasteiger charge is -2.20. The molecule has 3 aromatic rings. The summed E-state index contributed by atoms with van der Waals surface area (Å²) >= 11 is 0. The lowest BCUT2D eigenvalue weighted by Crippen LogP contribution is -2.28. The van der Waals surface area contributed by atoms with Crippen LogP contribution >= 0.6 is 0 Å². The van der Waals surface area contributed by atoms with Crippen LogP contribution in [0.2, 0.25) is 0 Å². The molecule has 2 heterocycles. The number of benzene rings is 2. The lowest BCUT2D eigenvalue weighted by molar-refractivity contribution is 0.101. The second kappa shape index (κ2) is 7.61. The zero-order valence-electron chi connectivity index (χ0n) is 16.1. The van der Waals surface area contributed by atoms with E-state index in [1.54, 1.807) is 6.92 Å². The van der Waals surface area contributed by atoms with Gasteiger partial charge in [0, 0.05) is 29.1 Å². The van der Waals surface area contributed by atoms with Crippen molar-refractivity contribution in [3.63, 3.8) is 0 Å². The van der Waals surface area contributed by atoms with E-state index < -0.39 is 0 Å². The highest BCUT2D eigenvalue weighted by atomic mass is 16.1. The second-order valence-corrected chi connectivity index (χ2v) is 7.63. The summed E-state index contributed by atoms with van der Waals surface area (Å²) in [6.45, 7) is 6.30. The van der Waals surface area contributed by atoms with Gasteiger partial charge in [-0.25, -0.2) is 4.98 Å². The number of aromatic nitrogens is 1. The molecule has 2 aromatic carbocycles. The van der Waals surface area contributed by atoms with Crippen LogP contribution in [0, 0.1) is 0 Å². The molecule has 0 bridgehead atoms. The topological polar surface area (TPSA) is 33.2 Å². The first-order valence-corrected chi connectivity index (χ1v) is 9.85. The summed E-state index contributed by atoms with van der Waals surface area (Å²) in [7, 11) is 0. The van der Waals surface area contributed by atoms with E-state index in [4.69, 9.17) is 4.98 Å². The quantitative estimate of drug-likeness (QED) is 0.593. The summed E-state index contributed by atoms with van der Waals surface area (Å²) in [5.41, 5.74) is 5.10. The van der Waals surface area contributed by atoms with Crippen molar-refractivity contribution in [2.24, 2.45) is 0 Å². The van der Waals surface area contributed by atoms with E-state index in [9.17, 15) is 4.79 Å². The van der Waals surface area contributed by atoms with E-state index in [2.05, 4.69) is 42.2 Å². The van der Waals surface area contributed by atoms with Crippen LogP contribution in [-0.2, 0) is 6.42 Å². The number of hydrogen-bond donors (Lipinski definition) is 0. The summed E-state index contributed by atoms with van der Waals surface area (Å²) in [5.74, 6) is 0.0869. The Labute approximate surface area is 161 Å². The summed E-state index contributed by atoms with van der Waals surface area (Å²) in [6.07, 6.45) is 3.76. The number of ketones is 1. The van der Waals surface area contributed by atoms with Gasteiger partial charge in [0.1, 0.15) is 0 Å². The fourth-order valence-electron chi connectivity index (χ4n) is 3.96. The molecule has 27 heavy (non-hydrogen) atoms. The minimum Gasteiger partial charge on any atom is -0.300 e. The molecular formula is C24H26N2O. The van der Waals surface area contributed by atoms with Crippen molar-refractivity contribution in [1.29, 1.82) is 0 Å². The van der Waals surface area contributed by atoms with Gasteiger partial charge in [-0.1, -0.05) is 36.4 Å². The summed E-state index contributed by atoms with van der Waals surface area (Å²) < 4.78 is 0. The standard InChI is InChI=1S/C24H26N2O/c1-17-4-3-14-26(17)15-13-19-5-11-24-22(16-19)10-12-23(25-24)21-8-6-20(7-9-21)18(2)27/h5-12,16-17H,3-4,13-15H2,1-2H3/t17-/m1/s1. The number of carbonyl (C=O) groups is 1. The second-order valence-electron chi connectivity index (χ2n) is 7.63. The van der Waals surface area contributed by atoms with Crippen LogP contribution in [-0.4, -0.2) is 34.8 Å². The molecule has 4 rings (SSSR count). The van der Waals surface area contributed by atoms with Crippen LogP contribution < -0.4 is 0 Å². The van der Waals surface area contributed by atoms with Crippen molar-refractivity contribution in [2.45, 2.75) is 39.2 Å². The van der Waals surface area contributed by atoms with Crippen molar-refractivity contribution in [1.82, 2.24) is 9.88 Å². The SMILES string of the molecule is CC(=O)c1ccc(-c2ccc3cc(CCN4CCC[C@H]4C)ccc3n2)cc1. The predicted octanol–water partition coefficient (Wildman–Crippen LogP) is 5.13. The maximum absolute atomic E-state index is 11.4. The van der Waals surface area contributed by atoms with E-state index in [-0.39, 0.29) is 5.78 Å². The summed E-state index contributed by atoms with van der Waals surface area (Å²) in [5, 5.41) is 1.19. The van der Waals surface area contributed by atoms with Crippen molar-refractivity contribution >= 4 is 16.7 Å². The Bertz CT molecular complexity index is 962. The third kappa shape index (κ3) is 3.93. The Morgan fingerprint density at radius 3 is 2.63 bits per heavy atom. The first-order chi connectivity index (χ1) is 13.1. The van der Waals surface area contributed by atoms with Gasteiger partial charge in [-0.15, -0.1) is 0 Å².